The Hall–Kier alpha value is -1.06. The fraction of sp³-hybridized carbons (Fsp3) is 0.100. The zero-order valence-corrected chi connectivity index (χ0v) is 12.7. The van der Waals surface area contributed by atoms with Crippen molar-refractivity contribution in [2.75, 3.05) is 4.72 Å². The Morgan fingerprint density at radius 2 is 1.89 bits per heavy atom. The predicted molar refractivity (Wildman–Crippen MR) is 71.7 cm³/mol. The number of aromatic nitrogens is 1. The molecule has 102 valence electrons. The van der Waals surface area contributed by atoms with Crippen molar-refractivity contribution >= 4 is 43.0 Å². The third kappa shape index (κ3) is 3.10. The summed E-state index contributed by atoms with van der Waals surface area (Å²) < 4.78 is 52.9. The molecule has 0 saturated heterocycles. The van der Waals surface area contributed by atoms with Crippen LogP contribution in [0.1, 0.15) is 5.01 Å². The number of thiazole rings is 1. The topological polar surface area (TPSA) is 59.1 Å². The average Bonchev–Trinajstić information content (AvgIpc) is 2.71. The average molecular weight is 369 g/mol. The molecule has 0 fully saturated rings. The summed E-state index contributed by atoms with van der Waals surface area (Å²) in [4.78, 5) is 3.79. The van der Waals surface area contributed by atoms with Crippen LogP contribution >= 0.6 is 27.3 Å². The number of aryl methyl sites for hydroxylation is 1. The largest absolute Gasteiger partial charge is 0.273 e. The second kappa shape index (κ2) is 5.14. The molecule has 9 heteroatoms. The molecular formula is C10H7BrF2N2O2S2. The molecule has 19 heavy (non-hydrogen) atoms. The molecule has 0 amide bonds. The second-order valence-electron chi connectivity index (χ2n) is 3.55. The number of rotatable bonds is 3. The van der Waals surface area contributed by atoms with Crippen LogP contribution in [0.2, 0.25) is 0 Å². The summed E-state index contributed by atoms with van der Waals surface area (Å²) in [6, 6.07) is 1.94. The molecule has 0 aliphatic carbocycles. The first kappa shape index (κ1) is 14.4. The van der Waals surface area contributed by atoms with Gasteiger partial charge in [-0.2, -0.15) is 0 Å². The Balaban J connectivity index is 2.41. The number of benzene rings is 1. The smallest absolute Gasteiger partial charge is 0.273 e. The molecule has 0 radical (unpaired) electrons. The van der Waals surface area contributed by atoms with Gasteiger partial charge in [-0.3, -0.25) is 4.72 Å². The minimum atomic E-state index is -4.04. The van der Waals surface area contributed by atoms with Crippen molar-refractivity contribution in [1.29, 1.82) is 0 Å². The molecule has 2 rings (SSSR count). The van der Waals surface area contributed by atoms with E-state index in [1.807, 2.05) is 4.72 Å². The number of anilines is 1. The van der Waals surface area contributed by atoms with Gasteiger partial charge in [0, 0.05) is 4.47 Å². The Labute approximate surface area is 120 Å². The van der Waals surface area contributed by atoms with Gasteiger partial charge in [0.25, 0.3) is 10.0 Å². The first-order chi connectivity index (χ1) is 8.79. The molecule has 1 N–H and O–H groups in total. The Morgan fingerprint density at radius 1 is 1.32 bits per heavy atom. The van der Waals surface area contributed by atoms with Crippen molar-refractivity contribution in [2.24, 2.45) is 0 Å². The van der Waals surface area contributed by atoms with Gasteiger partial charge in [0.1, 0.15) is 5.69 Å². The minimum Gasteiger partial charge on any atom is -0.273 e. The lowest BCUT2D eigenvalue weighted by atomic mass is 10.3. The van der Waals surface area contributed by atoms with Gasteiger partial charge in [-0.15, -0.1) is 11.3 Å². The molecule has 2 aromatic rings. The number of hydrogen-bond donors (Lipinski definition) is 1. The molecule has 0 unspecified atom stereocenters. The number of halogens is 3. The van der Waals surface area contributed by atoms with Crippen molar-refractivity contribution in [3.63, 3.8) is 0 Å². The van der Waals surface area contributed by atoms with Crippen molar-refractivity contribution in [1.82, 2.24) is 4.98 Å². The lowest BCUT2D eigenvalue weighted by molar-refractivity contribution is 0.582. The summed E-state index contributed by atoms with van der Waals surface area (Å²) in [5.41, 5.74) is -0.714. The van der Waals surface area contributed by atoms with Gasteiger partial charge in [-0.25, -0.2) is 22.2 Å². The number of hydrogen-bond acceptors (Lipinski definition) is 4. The molecule has 0 saturated carbocycles. The van der Waals surface area contributed by atoms with Gasteiger partial charge in [0.2, 0.25) is 0 Å². The molecule has 4 nitrogen and oxygen atoms in total. The maximum absolute atomic E-state index is 13.6. The first-order valence-corrected chi connectivity index (χ1v) is 7.98. The van der Waals surface area contributed by atoms with Crippen LogP contribution in [0.4, 0.5) is 14.5 Å². The first-order valence-electron chi connectivity index (χ1n) is 4.89. The van der Waals surface area contributed by atoms with Gasteiger partial charge in [0.05, 0.1) is 11.2 Å². The highest BCUT2D eigenvalue weighted by Gasteiger charge is 2.21. The molecule has 1 heterocycles. The van der Waals surface area contributed by atoms with Gasteiger partial charge in [0.15, 0.2) is 15.8 Å². The van der Waals surface area contributed by atoms with E-state index in [1.165, 1.54) is 0 Å². The number of nitrogens with one attached hydrogen (secondary N) is 1. The van der Waals surface area contributed by atoms with E-state index < -0.39 is 27.3 Å². The Kier molecular flexibility index (Phi) is 3.88. The lowest BCUT2D eigenvalue weighted by Crippen LogP contribution is -2.14. The summed E-state index contributed by atoms with van der Waals surface area (Å²) in [7, 11) is -4.04. The Morgan fingerprint density at radius 3 is 2.37 bits per heavy atom. The van der Waals surface area contributed by atoms with Crippen LogP contribution in [0.25, 0.3) is 0 Å². The van der Waals surface area contributed by atoms with E-state index in [9.17, 15) is 17.2 Å². The lowest BCUT2D eigenvalue weighted by Gasteiger charge is -2.08. The SMILES string of the molecule is Cc1ncc(S(=O)(=O)Nc2c(F)cc(Br)cc2F)s1. The molecular weight excluding hydrogens is 362 g/mol. The van der Waals surface area contributed by atoms with Gasteiger partial charge < -0.3 is 0 Å². The highest BCUT2D eigenvalue weighted by molar-refractivity contribution is 9.10. The van der Waals surface area contributed by atoms with E-state index in [4.69, 9.17) is 0 Å². The third-order valence-corrected chi connectivity index (χ3v) is 5.29. The highest BCUT2D eigenvalue weighted by Crippen LogP contribution is 2.27. The summed E-state index contributed by atoms with van der Waals surface area (Å²) in [5.74, 6) is -2.01. The van der Waals surface area contributed by atoms with Crippen LogP contribution < -0.4 is 4.72 Å². The van der Waals surface area contributed by atoms with Crippen LogP contribution in [0.3, 0.4) is 0 Å². The Bertz CT molecular complexity index is 708. The number of sulfonamides is 1. The maximum Gasteiger partial charge on any atom is 0.273 e. The molecule has 1 aromatic carbocycles. The summed E-state index contributed by atoms with van der Waals surface area (Å²) in [6.07, 6.45) is 1.14. The minimum absolute atomic E-state index is 0.105. The standard InChI is InChI=1S/C10H7BrF2N2O2S2/c1-5-14-4-9(18-5)19(16,17)15-10-7(12)2-6(11)3-8(10)13/h2-4,15H,1H3. The molecule has 1 aromatic heterocycles. The van der Waals surface area contributed by atoms with E-state index >= 15 is 0 Å². The molecule has 0 spiro atoms. The fourth-order valence-corrected chi connectivity index (χ4v) is 3.88. The van der Waals surface area contributed by atoms with E-state index in [1.54, 1.807) is 6.92 Å². The normalized spacial score (nSPS) is 11.6. The van der Waals surface area contributed by atoms with Crippen molar-refractivity contribution < 1.29 is 17.2 Å². The zero-order chi connectivity index (χ0) is 14.2. The van der Waals surface area contributed by atoms with E-state index in [2.05, 4.69) is 20.9 Å². The molecule has 0 aliphatic rings. The van der Waals surface area contributed by atoms with Crippen LogP contribution in [0.15, 0.2) is 27.0 Å². The predicted octanol–water partition coefficient (Wildman–Crippen LogP) is 3.29. The highest BCUT2D eigenvalue weighted by atomic mass is 79.9. The third-order valence-electron chi connectivity index (χ3n) is 2.11. The van der Waals surface area contributed by atoms with Gasteiger partial charge in [-0.05, 0) is 19.1 Å². The molecule has 0 bridgehead atoms. The van der Waals surface area contributed by atoms with Gasteiger partial charge >= 0.3 is 0 Å². The maximum atomic E-state index is 13.6. The van der Waals surface area contributed by atoms with Crippen LogP contribution in [-0.2, 0) is 10.0 Å². The van der Waals surface area contributed by atoms with Crippen LogP contribution in [0, 0.1) is 18.6 Å². The summed E-state index contributed by atoms with van der Waals surface area (Å²) >= 11 is 3.82. The summed E-state index contributed by atoms with van der Waals surface area (Å²) in [5, 5.41) is 0.539. The quantitative estimate of drug-likeness (QED) is 0.903. The van der Waals surface area contributed by atoms with Crippen molar-refractivity contribution in [2.45, 2.75) is 11.1 Å². The second-order valence-corrected chi connectivity index (χ2v) is 7.61. The summed E-state index contributed by atoms with van der Waals surface area (Å²) in [6.45, 7) is 1.63. The molecule has 0 aliphatic heterocycles. The van der Waals surface area contributed by atoms with E-state index in [0.29, 0.717) is 5.01 Å². The molecule has 0 atom stereocenters. The van der Waals surface area contributed by atoms with E-state index in [-0.39, 0.29) is 8.68 Å². The monoisotopic (exact) mass is 368 g/mol. The van der Waals surface area contributed by atoms with Crippen molar-refractivity contribution in [3.8, 4) is 0 Å². The van der Waals surface area contributed by atoms with Gasteiger partial charge in [-0.1, -0.05) is 15.9 Å². The van der Waals surface area contributed by atoms with Crippen LogP contribution in [0.5, 0.6) is 0 Å². The van der Waals surface area contributed by atoms with E-state index in [0.717, 1.165) is 29.7 Å². The van der Waals surface area contributed by atoms with Crippen LogP contribution in [-0.4, -0.2) is 13.4 Å². The zero-order valence-electron chi connectivity index (χ0n) is 9.45. The fourth-order valence-electron chi connectivity index (χ4n) is 1.29. The van der Waals surface area contributed by atoms with Crippen molar-refractivity contribution in [3.05, 3.63) is 39.4 Å². The number of nitrogens with zero attached hydrogens (tertiary/aromatic N) is 1.